The zero-order chi connectivity index (χ0) is 11.1. The van der Waals surface area contributed by atoms with Crippen LogP contribution in [0.4, 0.5) is 0 Å². The summed E-state index contributed by atoms with van der Waals surface area (Å²) in [4.78, 5) is 13.5. The molecular formula is C12H23NO. The summed E-state index contributed by atoms with van der Waals surface area (Å²) in [6, 6.07) is 0. The summed E-state index contributed by atoms with van der Waals surface area (Å²) in [5.41, 5.74) is 1.33. The normalized spacial score (nSPS) is 12.7. The van der Waals surface area contributed by atoms with Crippen molar-refractivity contribution < 1.29 is 4.79 Å². The third-order valence-electron chi connectivity index (χ3n) is 2.17. The van der Waals surface area contributed by atoms with Gasteiger partial charge in [0.15, 0.2) is 0 Å². The molecule has 0 saturated carbocycles. The number of rotatable bonds is 6. The molecule has 0 aliphatic carbocycles. The molecule has 82 valence electrons. The van der Waals surface area contributed by atoms with Gasteiger partial charge in [0.2, 0.25) is 0 Å². The molecule has 0 N–H and O–H groups in total. The van der Waals surface area contributed by atoms with Crippen LogP contribution < -0.4 is 0 Å². The molecule has 14 heavy (non-hydrogen) atoms. The number of carbonyl (C=O) groups is 1. The van der Waals surface area contributed by atoms with Crippen molar-refractivity contribution in [3.63, 3.8) is 0 Å². The Kier molecular flexibility index (Phi) is 6.46. The van der Waals surface area contributed by atoms with Gasteiger partial charge in [-0.2, -0.15) is 0 Å². The Morgan fingerprint density at radius 1 is 1.36 bits per heavy atom. The molecule has 0 heterocycles. The highest BCUT2D eigenvalue weighted by Crippen LogP contribution is 2.09. The second-order valence-electron chi connectivity index (χ2n) is 4.46. The van der Waals surface area contributed by atoms with Gasteiger partial charge >= 0.3 is 0 Å². The number of hydrogen-bond acceptors (Lipinski definition) is 2. The van der Waals surface area contributed by atoms with E-state index in [9.17, 15) is 4.79 Å². The zero-order valence-corrected chi connectivity index (χ0v) is 10.1. The molecule has 2 heteroatoms. The predicted octanol–water partition coefficient (Wildman–Crippen LogP) is 2.50. The van der Waals surface area contributed by atoms with Gasteiger partial charge in [-0.05, 0) is 40.8 Å². The Morgan fingerprint density at radius 3 is 2.36 bits per heavy atom. The van der Waals surface area contributed by atoms with E-state index in [1.165, 1.54) is 5.57 Å². The number of ketones is 1. The van der Waals surface area contributed by atoms with Crippen molar-refractivity contribution in [2.45, 2.75) is 33.6 Å². The molecule has 0 aromatic heterocycles. The van der Waals surface area contributed by atoms with Crippen LogP contribution in [0.1, 0.15) is 33.6 Å². The summed E-state index contributed by atoms with van der Waals surface area (Å²) in [6.07, 6.45) is 4.18. The zero-order valence-electron chi connectivity index (χ0n) is 10.1. The van der Waals surface area contributed by atoms with Gasteiger partial charge in [-0.25, -0.2) is 0 Å². The molecule has 0 aliphatic heterocycles. The number of nitrogens with zero attached hydrogens (tertiary/aromatic N) is 1. The lowest BCUT2D eigenvalue weighted by Crippen LogP contribution is -2.26. The molecule has 1 unspecified atom stereocenters. The van der Waals surface area contributed by atoms with Crippen LogP contribution in [0.2, 0.25) is 0 Å². The lowest BCUT2D eigenvalue weighted by molar-refractivity contribution is -0.123. The first-order valence-corrected chi connectivity index (χ1v) is 5.24. The SMILES string of the molecule is CC(C)=CCCC(C)C(=O)CN(C)C. The van der Waals surface area contributed by atoms with E-state index < -0.39 is 0 Å². The van der Waals surface area contributed by atoms with E-state index >= 15 is 0 Å². The van der Waals surface area contributed by atoms with Gasteiger partial charge in [0.05, 0.1) is 6.54 Å². The van der Waals surface area contributed by atoms with Gasteiger partial charge in [-0.3, -0.25) is 4.79 Å². The lowest BCUT2D eigenvalue weighted by atomic mass is 9.99. The molecule has 0 bridgehead atoms. The molecule has 0 aromatic carbocycles. The molecule has 0 rings (SSSR count). The molecule has 0 saturated heterocycles. The number of allylic oxidation sites excluding steroid dienone is 2. The van der Waals surface area contributed by atoms with Crippen molar-refractivity contribution in [2.24, 2.45) is 5.92 Å². The molecule has 0 amide bonds. The minimum absolute atomic E-state index is 0.188. The minimum Gasteiger partial charge on any atom is -0.302 e. The smallest absolute Gasteiger partial charge is 0.149 e. The van der Waals surface area contributed by atoms with Gasteiger partial charge < -0.3 is 4.90 Å². The van der Waals surface area contributed by atoms with Crippen LogP contribution in [0.3, 0.4) is 0 Å². The molecule has 0 radical (unpaired) electrons. The van der Waals surface area contributed by atoms with Crippen molar-refractivity contribution in [3.8, 4) is 0 Å². The van der Waals surface area contributed by atoms with Crippen LogP contribution in [-0.4, -0.2) is 31.3 Å². The summed E-state index contributed by atoms with van der Waals surface area (Å²) < 4.78 is 0. The predicted molar refractivity (Wildman–Crippen MR) is 61.4 cm³/mol. The number of likely N-dealkylation sites (N-methyl/N-ethyl adjacent to an activating group) is 1. The molecule has 0 fully saturated rings. The largest absolute Gasteiger partial charge is 0.302 e. The number of carbonyl (C=O) groups excluding carboxylic acids is 1. The van der Waals surface area contributed by atoms with Crippen LogP contribution in [0, 0.1) is 5.92 Å². The maximum Gasteiger partial charge on any atom is 0.149 e. The van der Waals surface area contributed by atoms with E-state index in [0.717, 1.165) is 12.8 Å². The van der Waals surface area contributed by atoms with E-state index in [-0.39, 0.29) is 5.92 Å². The highest BCUT2D eigenvalue weighted by Gasteiger charge is 2.12. The van der Waals surface area contributed by atoms with E-state index in [0.29, 0.717) is 12.3 Å². The maximum atomic E-state index is 11.6. The Morgan fingerprint density at radius 2 is 1.93 bits per heavy atom. The Labute approximate surface area is 88.0 Å². The van der Waals surface area contributed by atoms with Gasteiger partial charge in [0.1, 0.15) is 5.78 Å². The molecule has 0 aromatic rings. The summed E-state index contributed by atoms with van der Waals surface area (Å²) in [6.45, 7) is 6.76. The standard InChI is InChI=1S/C12H23NO/c1-10(2)7-6-8-11(3)12(14)9-13(4)5/h7,11H,6,8-9H2,1-5H3. The summed E-state index contributed by atoms with van der Waals surface area (Å²) in [7, 11) is 3.86. The third kappa shape index (κ3) is 6.84. The summed E-state index contributed by atoms with van der Waals surface area (Å²) in [5.74, 6) is 0.533. The second-order valence-corrected chi connectivity index (χ2v) is 4.46. The van der Waals surface area contributed by atoms with Crippen LogP contribution in [-0.2, 0) is 4.79 Å². The maximum absolute atomic E-state index is 11.6. The minimum atomic E-state index is 0.188. The van der Waals surface area contributed by atoms with E-state index in [4.69, 9.17) is 0 Å². The van der Waals surface area contributed by atoms with Crippen molar-refractivity contribution in [2.75, 3.05) is 20.6 Å². The Bertz CT molecular complexity index is 202. The van der Waals surface area contributed by atoms with Crippen LogP contribution in [0.15, 0.2) is 11.6 Å². The highest BCUT2D eigenvalue weighted by molar-refractivity contribution is 5.82. The van der Waals surface area contributed by atoms with Crippen molar-refractivity contribution in [1.29, 1.82) is 0 Å². The topological polar surface area (TPSA) is 20.3 Å². The highest BCUT2D eigenvalue weighted by atomic mass is 16.1. The van der Waals surface area contributed by atoms with Crippen molar-refractivity contribution >= 4 is 5.78 Å². The first-order valence-electron chi connectivity index (χ1n) is 5.24. The fraction of sp³-hybridized carbons (Fsp3) is 0.750. The average molecular weight is 197 g/mol. The van der Waals surface area contributed by atoms with E-state index in [2.05, 4.69) is 19.9 Å². The van der Waals surface area contributed by atoms with Crippen LogP contribution in [0.5, 0.6) is 0 Å². The monoisotopic (exact) mass is 197 g/mol. The summed E-state index contributed by atoms with van der Waals surface area (Å²) in [5, 5.41) is 0. The van der Waals surface area contributed by atoms with Gasteiger partial charge in [-0.1, -0.05) is 18.6 Å². The van der Waals surface area contributed by atoms with E-state index in [1.54, 1.807) is 0 Å². The second kappa shape index (κ2) is 6.77. The van der Waals surface area contributed by atoms with Gasteiger partial charge in [0, 0.05) is 5.92 Å². The Balaban J connectivity index is 3.79. The van der Waals surface area contributed by atoms with Crippen LogP contribution >= 0.6 is 0 Å². The fourth-order valence-electron chi connectivity index (χ4n) is 1.25. The van der Waals surface area contributed by atoms with E-state index in [1.807, 2.05) is 25.9 Å². The summed E-state index contributed by atoms with van der Waals surface area (Å²) >= 11 is 0. The molecule has 1 atom stereocenters. The fourth-order valence-corrected chi connectivity index (χ4v) is 1.25. The van der Waals surface area contributed by atoms with Crippen molar-refractivity contribution in [1.82, 2.24) is 4.90 Å². The third-order valence-corrected chi connectivity index (χ3v) is 2.17. The average Bonchev–Trinajstić information content (AvgIpc) is 2.01. The Hall–Kier alpha value is -0.630. The molecule has 0 spiro atoms. The molecule has 0 aliphatic rings. The molecule has 2 nitrogen and oxygen atoms in total. The lowest BCUT2D eigenvalue weighted by Gasteiger charge is -2.13. The first kappa shape index (κ1) is 13.4. The van der Waals surface area contributed by atoms with Gasteiger partial charge in [-0.15, -0.1) is 0 Å². The van der Waals surface area contributed by atoms with Crippen molar-refractivity contribution in [3.05, 3.63) is 11.6 Å². The quantitative estimate of drug-likeness (QED) is 0.610. The van der Waals surface area contributed by atoms with Gasteiger partial charge in [0.25, 0.3) is 0 Å². The van der Waals surface area contributed by atoms with Crippen LogP contribution in [0.25, 0.3) is 0 Å². The number of Topliss-reactive ketones (excluding diaryl/α,β-unsaturated/α-hetero) is 1. The molecular weight excluding hydrogens is 174 g/mol. The first-order chi connectivity index (χ1) is 6.43. The number of hydrogen-bond donors (Lipinski definition) is 0.